The van der Waals surface area contributed by atoms with E-state index in [4.69, 9.17) is 9.47 Å². The van der Waals surface area contributed by atoms with E-state index in [2.05, 4.69) is 16.3 Å². The van der Waals surface area contributed by atoms with Gasteiger partial charge in [0, 0.05) is 26.0 Å². The van der Waals surface area contributed by atoms with Crippen molar-refractivity contribution < 1.29 is 9.47 Å². The molecule has 19 heavy (non-hydrogen) atoms. The highest BCUT2D eigenvalue weighted by Gasteiger charge is 2.22. The molecule has 2 fully saturated rings. The summed E-state index contributed by atoms with van der Waals surface area (Å²) >= 11 is 2.07. The average molecular weight is 287 g/mol. The number of rotatable bonds is 7. The molecule has 1 atom stereocenters. The van der Waals surface area contributed by atoms with E-state index >= 15 is 0 Å². The summed E-state index contributed by atoms with van der Waals surface area (Å²) in [5.74, 6) is 2.29. The third-order valence-corrected chi connectivity index (χ3v) is 5.52. The SMILES string of the molecule is COCCOC1CCCN(SCC2CCCCC2)C1. The molecule has 0 amide bonds. The first-order valence-corrected chi connectivity index (χ1v) is 8.81. The van der Waals surface area contributed by atoms with Gasteiger partial charge in [-0.05, 0) is 31.6 Å². The molecule has 0 spiro atoms. The second-order valence-electron chi connectivity index (χ2n) is 5.82. The van der Waals surface area contributed by atoms with Crippen LogP contribution >= 0.6 is 11.9 Å². The van der Waals surface area contributed by atoms with Crippen molar-refractivity contribution in [3.63, 3.8) is 0 Å². The number of nitrogens with zero attached hydrogens (tertiary/aromatic N) is 1. The molecule has 0 aromatic rings. The van der Waals surface area contributed by atoms with Crippen molar-refractivity contribution in [3.05, 3.63) is 0 Å². The quantitative estimate of drug-likeness (QED) is 0.529. The maximum atomic E-state index is 5.87. The summed E-state index contributed by atoms with van der Waals surface area (Å²) < 4.78 is 13.4. The lowest BCUT2D eigenvalue weighted by molar-refractivity contribution is -0.00511. The van der Waals surface area contributed by atoms with Crippen LogP contribution in [-0.2, 0) is 9.47 Å². The molecule has 1 unspecified atom stereocenters. The van der Waals surface area contributed by atoms with E-state index < -0.39 is 0 Å². The standard InChI is InChI=1S/C15H29NO2S/c1-17-10-11-18-15-8-5-9-16(12-15)19-13-14-6-3-2-4-7-14/h14-15H,2-13H2,1H3. The van der Waals surface area contributed by atoms with Crippen molar-refractivity contribution in [2.45, 2.75) is 51.0 Å². The van der Waals surface area contributed by atoms with Gasteiger partial charge < -0.3 is 9.47 Å². The van der Waals surface area contributed by atoms with Crippen molar-refractivity contribution in [1.29, 1.82) is 0 Å². The summed E-state index contributed by atoms with van der Waals surface area (Å²) in [6.45, 7) is 3.79. The van der Waals surface area contributed by atoms with Crippen LogP contribution in [0.5, 0.6) is 0 Å². The molecule has 0 aromatic heterocycles. The molecular weight excluding hydrogens is 258 g/mol. The Labute approximate surface area is 122 Å². The van der Waals surface area contributed by atoms with Crippen molar-refractivity contribution >= 4 is 11.9 Å². The Balaban J connectivity index is 1.60. The lowest BCUT2D eigenvalue weighted by Crippen LogP contribution is -2.36. The zero-order chi connectivity index (χ0) is 13.3. The summed E-state index contributed by atoms with van der Waals surface area (Å²) in [4.78, 5) is 0. The van der Waals surface area contributed by atoms with Crippen molar-refractivity contribution in [2.75, 3.05) is 39.2 Å². The number of hydrogen-bond acceptors (Lipinski definition) is 4. The van der Waals surface area contributed by atoms with Crippen LogP contribution in [0, 0.1) is 5.92 Å². The van der Waals surface area contributed by atoms with E-state index in [1.54, 1.807) is 7.11 Å². The number of piperidine rings is 1. The topological polar surface area (TPSA) is 21.7 Å². The molecule has 1 saturated carbocycles. The zero-order valence-corrected chi connectivity index (χ0v) is 13.1. The summed E-state index contributed by atoms with van der Waals surface area (Å²) in [6.07, 6.45) is 10.2. The molecule has 1 aliphatic heterocycles. The Hall–Kier alpha value is 0.230. The van der Waals surface area contributed by atoms with E-state index in [0.717, 1.165) is 19.1 Å². The first-order chi connectivity index (χ1) is 9.38. The molecule has 112 valence electrons. The first kappa shape index (κ1) is 15.6. The van der Waals surface area contributed by atoms with Crippen LogP contribution in [0.4, 0.5) is 0 Å². The number of ether oxygens (including phenoxy) is 2. The molecule has 0 aromatic carbocycles. The molecule has 0 radical (unpaired) electrons. The smallest absolute Gasteiger partial charge is 0.0713 e. The summed E-state index contributed by atoms with van der Waals surface area (Å²) in [7, 11) is 1.73. The Morgan fingerprint density at radius 1 is 1.05 bits per heavy atom. The van der Waals surface area contributed by atoms with Gasteiger partial charge in [-0.2, -0.15) is 0 Å². The first-order valence-electron chi connectivity index (χ1n) is 7.87. The lowest BCUT2D eigenvalue weighted by Gasteiger charge is -2.33. The van der Waals surface area contributed by atoms with Crippen molar-refractivity contribution in [3.8, 4) is 0 Å². The Bertz CT molecular complexity index is 234. The molecule has 2 aliphatic rings. The molecule has 0 N–H and O–H groups in total. The van der Waals surface area contributed by atoms with Crippen LogP contribution in [0.3, 0.4) is 0 Å². The van der Waals surface area contributed by atoms with E-state index in [9.17, 15) is 0 Å². The zero-order valence-electron chi connectivity index (χ0n) is 12.3. The van der Waals surface area contributed by atoms with Crippen LogP contribution in [-0.4, -0.2) is 49.6 Å². The highest BCUT2D eigenvalue weighted by molar-refractivity contribution is 7.97. The van der Waals surface area contributed by atoms with Gasteiger partial charge in [-0.15, -0.1) is 0 Å². The molecular formula is C15H29NO2S. The van der Waals surface area contributed by atoms with E-state index in [0.29, 0.717) is 12.7 Å². The van der Waals surface area contributed by atoms with Crippen LogP contribution in [0.15, 0.2) is 0 Å². The van der Waals surface area contributed by atoms with Gasteiger partial charge in [0.15, 0.2) is 0 Å². The van der Waals surface area contributed by atoms with Gasteiger partial charge in [-0.1, -0.05) is 31.2 Å². The number of hydrogen-bond donors (Lipinski definition) is 0. The average Bonchev–Trinajstić information content (AvgIpc) is 2.47. The second kappa shape index (κ2) is 9.22. The minimum atomic E-state index is 0.419. The Morgan fingerprint density at radius 3 is 2.68 bits per heavy atom. The van der Waals surface area contributed by atoms with Crippen LogP contribution < -0.4 is 0 Å². The van der Waals surface area contributed by atoms with E-state index in [1.807, 2.05) is 0 Å². The fourth-order valence-electron chi connectivity index (χ4n) is 3.02. The lowest BCUT2D eigenvalue weighted by atomic mass is 9.91. The van der Waals surface area contributed by atoms with Crippen molar-refractivity contribution in [2.24, 2.45) is 5.92 Å². The predicted molar refractivity (Wildman–Crippen MR) is 81.5 cm³/mol. The summed E-state index contributed by atoms with van der Waals surface area (Å²) in [6, 6.07) is 0. The van der Waals surface area contributed by atoms with E-state index in [-0.39, 0.29) is 0 Å². The summed E-state index contributed by atoms with van der Waals surface area (Å²) in [5, 5.41) is 0. The third kappa shape index (κ3) is 6.03. The van der Waals surface area contributed by atoms with Gasteiger partial charge in [-0.25, -0.2) is 4.31 Å². The second-order valence-corrected chi connectivity index (χ2v) is 6.92. The van der Waals surface area contributed by atoms with E-state index in [1.165, 1.54) is 57.2 Å². The maximum Gasteiger partial charge on any atom is 0.0713 e. The monoisotopic (exact) mass is 287 g/mol. The van der Waals surface area contributed by atoms with Gasteiger partial charge in [0.25, 0.3) is 0 Å². The highest BCUT2D eigenvalue weighted by atomic mass is 32.2. The molecule has 1 aliphatic carbocycles. The number of methoxy groups -OCH3 is 1. The molecule has 4 heteroatoms. The van der Waals surface area contributed by atoms with Gasteiger partial charge in [0.1, 0.15) is 0 Å². The largest absolute Gasteiger partial charge is 0.382 e. The minimum Gasteiger partial charge on any atom is -0.382 e. The Kier molecular flexibility index (Phi) is 7.58. The van der Waals surface area contributed by atoms with Crippen molar-refractivity contribution in [1.82, 2.24) is 4.31 Å². The van der Waals surface area contributed by atoms with Crippen LogP contribution in [0.25, 0.3) is 0 Å². The van der Waals surface area contributed by atoms with Crippen LogP contribution in [0.1, 0.15) is 44.9 Å². The fraction of sp³-hybridized carbons (Fsp3) is 1.00. The molecule has 1 heterocycles. The van der Waals surface area contributed by atoms with Gasteiger partial charge in [-0.3, -0.25) is 0 Å². The molecule has 2 rings (SSSR count). The molecule has 3 nitrogen and oxygen atoms in total. The summed E-state index contributed by atoms with van der Waals surface area (Å²) in [5.41, 5.74) is 0. The molecule has 0 bridgehead atoms. The normalized spacial score (nSPS) is 26.7. The van der Waals surface area contributed by atoms with Crippen LogP contribution in [0.2, 0.25) is 0 Å². The third-order valence-electron chi connectivity index (χ3n) is 4.20. The minimum absolute atomic E-state index is 0.419. The highest BCUT2D eigenvalue weighted by Crippen LogP contribution is 2.29. The van der Waals surface area contributed by atoms with Gasteiger partial charge in [0.05, 0.1) is 19.3 Å². The fourth-order valence-corrected chi connectivity index (χ4v) is 4.31. The van der Waals surface area contributed by atoms with Gasteiger partial charge >= 0.3 is 0 Å². The predicted octanol–water partition coefficient (Wildman–Crippen LogP) is 3.34. The Morgan fingerprint density at radius 2 is 1.89 bits per heavy atom. The maximum absolute atomic E-state index is 5.87. The van der Waals surface area contributed by atoms with Gasteiger partial charge in [0.2, 0.25) is 0 Å². The molecule has 1 saturated heterocycles.